The number of carbonyl (C=O) groups is 2. The summed E-state index contributed by atoms with van der Waals surface area (Å²) < 4.78 is 20.1. The number of carbonyl (C=O) groups excluding carboxylic acids is 2. The van der Waals surface area contributed by atoms with Gasteiger partial charge in [-0.15, -0.1) is 5.10 Å². The van der Waals surface area contributed by atoms with Gasteiger partial charge in [-0.1, -0.05) is 0 Å². The maximum Gasteiger partial charge on any atom is 0.414 e. The molecule has 2 aliphatic heterocycles. The first kappa shape index (κ1) is 20.1. The molecule has 2 aliphatic rings. The number of amides is 2. The number of ether oxygens (including phenoxy) is 1. The lowest BCUT2D eigenvalue weighted by molar-refractivity contribution is -0.119. The summed E-state index contributed by atoms with van der Waals surface area (Å²) in [5, 5.41) is 9.64. The molecule has 2 saturated heterocycles. The minimum atomic E-state index is -0.566. The SMILES string of the molecule is CC(=O)NC[C@H]1CN(c2ccc(N3CCN(c4n[nH]c(=O)s4)CC3)c(F)c2)C(=O)O1. The van der Waals surface area contributed by atoms with Crippen molar-refractivity contribution < 1.29 is 18.7 Å². The second-order valence-corrected chi connectivity index (χ2v) is 8.00. The number of piperazine rings is 1. The molecule has 1 atom stereocenters. The fourth-order valence-electron chi connectivity index (χ4n) is 3.51. The number of hydrogen-bond donors (Lipinski definition) is 2. The molecule has 2 aromatic rings. The van der Waals surface area contributed by atoms with Gasteiger partial charge in [0.2, 0.25) is 11.0 Å². The van der Waals surface area contributed by atoms with Gasteiger partial charge in [0.25, 0.3) is 0 Å². The predicted octanol–water partition coefficient (Wildman–Crippen LogP) is 0.758. The predicted molar refractivity (Wildman–Crippen MR) is 110 cm³/mol. The number of nitrogens with zero attached hydrogens (tertiary/aromatic N) is 4. The molecule has 160 valence electrons. The summed E-state index contributed by atoms with van der Waals surface area (Å²) in [6.07, 6.45) is -1.04. The number of aromatic nitrogens is 2. The van der Waals surface area contributed by atoms with E-state index in [0.29, 0.717) is 42.7 Å². The largest absolute Gasteiger partial charge is 0.442 e. The van der Waals surface area contributed by atoms with Crippen molar-refractivity contribution in [2.24, 2.45) is 0 Å². The number of aromatic amines is 1. The summed E-state index contributed by atoms with van der Waals surface area (Å²) in [6.45, 7) is 4.23. The number of cyclic esters (lactones) is 1. The highest BCUT2D eigenvalue weighted by Gasteiger charge is 2.33. The molecule has 0 unspecified atom stereocenters. The van der Waals surface area contributed by atoms with Crippen LogP contribution in [0.5, 0.6) is 0 Å². The van der Waals surface area contributed by atoms with E-state index in [1.807, 2.05) is 9.80 Å². The van der Waals surface area contributed by atoms with Crippen LogP contribution in [0.3, 0.4) is 0 Å². The molecule has 12 heteroatoms. The molecule has 4 rings (SSSR count). The van der Waals surface area contributed by atoms with E-state index in [-0.39, 0.29) is 23.9 Å². The van der Waals surface area contributed by atoms with Crippen LogP contribution in [0.2, 0.25) is 0 Å². The molecule has 1 aromatic heterocycles. The maximum atomic E-state index is 14.8. The van der Waals surface area contributed by atoms with E-state index in [1.54, 1.807) is 12.1 Å². The Bertz CT molecular complexity index is 1000. The fourth-order valence-corrected chi connectivity index (χ4v) is 4.17. The van der Waals surface area contributed by atoms with Gasteiger partial charge in [-0.3, -0.25) is 14.5 Å². The van der Waals surface area contributed by atoms with Crippen LogP contribution < -0.4 is 24.9 Å². The van der Waals surface area contributed by atoms with Gasteiger partial charge >= 0.3 is 11.0 Å². The quantitative estimate of drug-likeness (QED) is 0.712. The van der Waals surface area contributed by atoms with E-state index in [4.69, 9.17) is 4.74 Å². The molecule has 0 bridgehead atoms. The lowest BCUT2D eigenvalue weighted by atomic mass is 10.2. The van der Waals surface area contributed by atoms with E-state index in [9.17, 15) is 18.8 Å². The van der Waals surface area contributed by atoms with Crippen LogP contribution in [0.25, 0.3) is 0 Å². The summed E-state index contributed by atoms with van der Waals surface area (Å²) >= 11 is 1.05. The Morgan fingerprint density at radius 1 is 1.30 bits per heavy atom. The topological polar surface area (TPSA) is 111 Å². The molecular weight excluding hydrogens is 415 g/mol. The van der Waals surface area contributed by atoms with Crippen molar-refractivity contribution in [3.05, 3.63) is 33.7 Å². The third-order valence-corrected chi connectivity index (χ3v) is 5.82. The Hall–Kier alpha value is -3.15. The minimum Gasteiger partial charge on any atom is -0.442 e. The Balaban J connectivity index is 1.39. The van der Waals surface area contributed by atoms with Gasteiger partial charge in [0, 0.05) is 33.1 Å². The number of anilines is 3. The third kappa shape index (κ3) is 4.22. The van der Waals surface area contributed by atoms with Crippen molar-refractivity contribution in [1.82, 2.24) is 15.5 Å². The van der Waals surface area contributed by atoms with Crippen LogP contribution in [-0.4, -0.2) is 67.6 Å². The standard InChI is InChI=1S/C18H21FN6O4S/c1-11(26)20-9-13-10-25(18(28)29-13)12-2-3-15(14(19)8-12)23-4-6-24(7-5-23)16-21-22-17(27)30-16/h2-3,8,13H,4-7,9-10H2,1H3,(H,20,26)(H,22,27)/t13-/m0/s1. The van der Waals surface area contributed by atoms with Crippen molar-refractivity contribution >= 4 is 39.8 Å². The second kappa shape index (κ2) is 8.30. The van der Waals surface area contributed by atoms with Crippen molar-refractivity contribution in [3.8, 4) is 0 Å². The molecule has 30 heavy (non-hydrogen) atoms. The van der Waals surface area contributed by atoms with Gasteiger partial charge in [0.1, 0.15) is 11.9 Å². The van der Waals surface area contributed by atoms with E-state index in [1.165, 1.54) is 17.9 Å². The van der Waals surface area contributed by atoms with Crippen LogP contribution in [-0.2, 0) is 9.53 Å². The minimum absolute atomic E-state index is 0.200. The van der Waals surface area contributed by atoms with Gasteiger partial charge in [0.15, 0.2) is 0 Å². The molecule has 2 amide bonds. The number of benzene rings is 1. The van der Waals surface area contributed by atoms with Crippen molar-refractivity contribution in [3.63, 3.8) is 0 Å². The zero-order chi connectivity index (χ0) is 21.3. The zero-order valence-electron chi connectivity index (χ0n) is 16.3. The molecular formula is C18H21FN6O4S. The first-order valence-corrected chi connectivity index (χ1v) is 10.3. The van der Waals surface area contributed by atoms with E-state index >= 15 is 0 Å². The van der Waals surface area contributed by atoms with Gasteiger partial charge < -0.3 is 19.9 Å². The number of hydrogen-bond acceptors (Lipinski definition) is 8. The lowest BCUT2D eigenvalue weighted by Crippen LogP contribution is -2.46. The summed E-state index contributed by atoms with van der Waals surface area (Å²) in [5.74, 6) is -0.634. The van der Waals surface area contributed by atoms with E-state index < -0.39 is 18.0 Å². The Labute approximate surface area is 175 Å². The molecule has 0 spiro atoms. The van der Waals surface area contributed by atoms with Crippen molar-refractivity contribution in [2.75, 3.05) is 54.0 Å². The lowest BCUT2D eigenvalue weighted by Gasteiger charge is -2.36. The van der Waals surface area contributed by atoms with Gasteiger partial charge in [-0.25, -0.2) is 14.3 Å². The van der Waals surface area contributed by atoms with Gasteiger partial charge in [-0.2, -0.15) is 0 Å². The molecule has 0 saturated carbocycles. The monoisotopic (exact) mass is 436 g/mol. The highest BCUT2D eigenvalue weighted by molar-refractivity contribution is 7.12. The van der Waals surface area contributed by atoms with Gasteiger partial charge in [0.05, 0.1) is 24.5 Å². The Morgan fingerprint density at radius 2 is 2.03 bits per heavy atom. The van der Waals surface area contributed by atoms with Crippen LogP contribution >= 0.6 is 11.3 Å². The van der Waals surface area contributed by atoms with E-state index in [2.05, 4.69) is 15.5 Å². The molecule has 0 radical (unpaired) electrons. The normalized spacial score (nSPS) is 19.2. The maximum absolute atomic E-state index is 14.8. The van der Waals surface area contributed by atoms with E-state index in [0.717, 1.165) is 11.3 Å². The first-order chi connectivity index (χ1) is 14.4. The highest BCUT2D eigenvalue weighted by Crippen LogP contribution is 2.29. The molecule has 2 fully saturated rings. The van der Waals surface area contributed by atoms with Gasteiger partial charge in [-0.05, 0) is 29.5 Å². The summed E-state index contributed by atoms with van der Waals surface area (Å²) in [7, 11) is 0. The summed E-state index contributed by atoms with van der Waals surface area (Å²) in [5.41, 5.74) is 0.863. The van der Waals surface area contributed by atoms with Crippen LogP contribution in [0, 0.1) is 5.82 Å². The van der Waals surface area contributed by atoms with Crippen LogP contribution in [0.15, 0.2) is 23.0 Å². The second-order valence-electron chi connectivity index (χ2n) is 7.06. The number of H-pyrrole nitrogens is 1. The smallest absolute Gasteiger partial charge is 0.414 e. The van der Waals surface area contributed by atoms with Crippen molar-refractivity contribution in [2.45, 2.75) is 13.0 Å². The molecule has 1 aromatic carbocycles. The molecule has 10 nitrogen and oxygen atoms in total. The zero-order valence-corrected chi connectivity index (χ0v) is 17.1. The molecule has 2 N–H and O–H groups in total. The average Bonchev–Trinajstić information content (AvgIpc) is 3.32. The Kier molecular flexibility index (Phi) is 5.57. The van der Waals surface area contributed by atoms with Crippen LogP contribution in [0.4, 0.5) is 25.7 Å². The Morgan fingerprint density at radius 3 is 2.67 bits per heavy atom. The first-order valence-electron chi connectivity index (χ1n) is 9.48. The fraction of sp³-hybridized carbons (Fsp3) is 0.444. The number of rotatable bonds is 5. The molecule has 3 heterocycles. The van der Waals surface area contributed by atoms with Crippen LogP contribution in [0.1, 0.15) is 6.92 Å². The van der Waals surface area contributed by atoms with Crippen molar-refractivity contribution in [1.29, 1.82) is 0 Å². The average molecular weight is 436 g/mol. The number of nitrogens with one attached hydrogen (secondary N) is 2. The number of halogens is 1. The molecule has 0 aliphatic carbocycles. The summed E-state index contributed by atoms with van der Waals surface area (Å²) in [4.78, 5) is 39.5. The summed E-state index contributed by atoms with van der Waals surface area (Å²) in [6, 6.07) is 4.66. The highest BCUT2D eigenvalue weighted by atomic mass is 32.1. The third-order valence-electron chi connectivity index (χ3n) is 5.01.